The molecule has 0 bridgehead atoms. The van der Waals surface area contributed by atoms with Crippen molar-refractivity contribution in [3.63, 3.8) is 0 Å². The molecule has 1 aromatic rings. The average Bonchev–Trinajstić information content (AvgIpc) is 3.01. The molecule has 0 saturated heterocycles. The largest absolute Gasteiger partial charge is 0.305 e. The lowest BCUT2D eigenvalue weighted by Gasteiger charge is -2.05. The third-order valence-electron chi connectivity index (χ3n) is 2.41. The molecule has 0 spiro atoms. The summed E-state index contributed by atoms with van der Waals surface area (Å²) < 4.78 is 0. The fourth-order valence-corrected chi connectivity index (χ4v) is 2.16. The van der Waals surface area contributed by atoms with E-state index in [1.54, 1.807) is 0 Å². The van der Waals surface area contributed by atoms with Gasteiger partial charge in [0.05, 0.1) is 4.92 Å². The maximum Gasteiger partial charge on any atom is 0.305 e. The van der Waals surface area contributed by atoms with Crippen molar-refractivity contribution in [2.75, 3.05) is 0 Å². The minimum atomic E-state index is -0.490. The molecule has 0 N–H and O–H groups in total. The number of nitrogens with zero attached hydrogens (tertiary/aromatic N) is 3. The lowest BCUT2D eigenvalue weighted by molar-refractivity contribution is -0.385. The monoisotopic (exact) mass is 271 g/mol. The van der Waals surface area contributed by atoms with Crippen LogP contribution in [-0.4, -0.2) is 19.7 Å². The van der Waals surface area contributed by atoms with Crippen LogP contribution in [0.1, 0.15) is 18.7 Å². The number of hydrogen-bond donors (Lipinski definition) is 0. The molecule has 1 atom stereocenters. The van der Waals surface area contributed by atoms with E-state index in [1.807, 2.05) is 0 Å². The van der Waals surface area contributed by atoms with Gasteiger partial charge >= 0.3 is 5.69 Å². The van der Waals surface area contributed by atoms with Gasteiger partial charge in [0.2, 0.25) is 0 Å². The first-order valence-electron chi connectivity index (χ1n) is 4.76. The number of hydrogen-bond acceptors (Lipinski definition) is 4. The van der Waals surface area contributed by atoms with Gasteiger partial charge in [-0.3, -0.25) is 10.1 Å². The van der Waals surface area contributed by atoms with Crippen molar-refractivity contribution >= 4 is 21.6 Å². The lowest BCUT2D eigenvalue weighted by atomic mass is 10.2. The summed E-state index contributed by atoms with van der Waals surface area (Å²) in [5.74, 6) is 1.39. The number of halogens is 1. The first kappa shape index (κ1) is 10.5. The van der Waals surface area contributed by atoms with E-state index in [0.717, 1.165) is 12.3 Å². The van der Waals surface area contributed by atoms with Crippen molar-refractivity contribution < 1.29 is 4.92 Å². The summed E-state index contributed by atoms with van der Waals surface area (Å²) in [5, 5.41) is 10.4. The highest BCUT2D eigenvalue weighted by atomic mass is 79.9. The number of nitro groups is 1. The van der Waals surface area contributed by atoms with Gasteiger partial charge in [-0.15, -0.1) is 0 Å². The van der Waals surface area contributed by atoms with Crippen molar-refractivity contribution in [3.05, 3.63) is 28.3 Å². The normalized spacial score (nSPS) is 17.4. The second-order valence-electron chi connectivity index (χ2n) is 3.67. The van der Waals surface area contributed by atoms with Crippen LogP contribution in [0.15, 0.2) is 12.4 Å². The van der Waals surface area contributed by atoms with Crippen molar-refractivity contribution in [3.8, 4) is 0 Å². The van der Waals surface area contributed by atoms with Crippen LogP contribution in [0.5, 0.6) is 0 Å². The predicted octanol–water partition coefficient (Wildman–Crippen LogP) is 2.10. The molecule has 15 heavy (non-hydrogen) atoms. The van der Waals surface area contributed by atoms with E-state index in [-0.39, 0.29) is 5.69 Å². The summed E-state index contributed by atoms with van der Waals surface area (Å²) in [6, 6.07) is 0. The van der Waals surface area contributed by atoms with Crippen LogP contribution in [0.4, 0.5) is 5.69 Å². The Kier molecular flexibility index (Phi) is 2.95. The second kappa shape index (κ2) is 4.22. The van der Waals surface area contributed by atoms with E-state index in [4.69, 9.17) is 0 Å². The summed E-state index contributed by atoms with van der Waals surface area (Å²) >= 11 is 3.57. The third kappa shape index (κ3) is 2.71. The smallest absolute Gasteiger partial charge is 0.258 e. The number of aromatic nitrogens is 2. The molecule has 5 nitrogen and oxygen atoms in total. The highest BCUT2D eigenvalue weighted by molar-refractivity contribution is 9.09. The average molecular weight is 272 g/mol. The Hall–Kier alpha value is -1.04. The molecule has 1 unspecified atom stereocenters. The quantitative estimate of drug-likeness (QED) is 0.478. The van der Waals surface area contributed by atoms with Gasteiger partial charge in [-0.2, -0.15) is 0 Å². The van der Waals surface area contributed by atoms with Crippen LogP contribution in [0.25, 0.3) is 0 Å². The zero-order valence-corrected chi connectivity index (χ0v) is 9.55. The molecule has 0 aliphatic heterocycles. The standard InChI is InChI=1S/C9H10BrN3O2/c10-8(6-1-2-6)3-9-11-4-7(5-12-9)13(14)15/h4-6,8H,1-3H2. The molecule has 6 heteroatoms. The summed E-state index contributed by atoms with van der Waals surface area (Å²) in [6.07, 6.45) is 5.76. The Balaban J connectivity index is 1.99. The van der Waals surface area contributed by atoms with E-state index >= 15 is 0 Å². The fraction of sp³-hybridized carbons (Fsp3) is 0.556. The molecule has 1 heterocycles. The summed E-state index contributed by atoms with van der Waals surface area (Å²) in [4.78, 5) is 18.2. The van der Waals surface area contributed by atoms with Crippen LogP contribution in [0.2, 0.25) is 0 Å². The van der Waals surface area contributed by atoms with E-state index < -0.39 is 4.92 Å². The fourth-order valence-electron chi connectivity index (χ4n) is 1.35. The summed E-state index contributed by atoms with van der Waals surface area (Å²) in [7, 11) is 0. The zero-order chi connectivity index (χ0) is 10.8. The van der Waals surface area contributed by atoms with Crippen LogP contribution in [-0.2, 0) is 6.42 Å². The Morgan fingerprint density at radius 1 is 1.53 bits per heavy atom. The van der Waals surface area contributed by atoms with E-state index in [9.17, 15) is 10.1 Å². The van der Waals surface area contributed by atoms with Crippen molar-refractivity contribution in [1.82, 2.24) is 9.97 Å². The minimum absolute atomic E-state index is 0.0590. The number of alkyl halides is 1. The first-order valence-corrected chi connectivity index (χ1v) is 5.68. The van der Waals surface area contributed by atoms with Crippen molar-refractivity contribution in [2.45, 2.75) is 24.1 Å². The van der Waals surface area contributed by atoms with Crippen LogP contribution in [0.3, 0.4) is 0 Å². The molecule has 2 rings (SSSR count). The van der Waals surface area contributed by atoms with Gasteiger partial charge < -0.3 is 0 Å². The Labute approximate surface area is 95.2 Å². The molecular weight excluding hydrogens is 262 g/mol. The van der Waals surface area contributed by atoms with Gasteiger partial charge in [-0.25, -0.2) is 9.97 Å². The lowest BCUT2D eigenvalue weighted by Crippen LogP contribution is -2.08. The minimum Gasteiger partial charge on any atom is -0.258 e. The summed E-state index contributed by atoms with van der Waals surface area (Å²) in [6.45, 7) is 0. The molecule has 0 aromatic carbocycles. The maximum absolute atomic E-state index is 10.4. The van der Waals surface area contributed by atoms with E-state index in [2.05, 4.69) is 25.9 Å². The van der Waals surface area contributed by atoms with Gasteiger partial charge in [0.1, 0.15) is 18.2 Å². The topological polar surface area (TPSA) is 68.9 Å². The molecule has 0 radical (unpaired) electrons. The van der Waals surface area contributed by atoms with Gasteiger partial charge in [0, 0.05) is 11.2 Å². The molecular formula is C9H10BrN3O2. The second-order valence-corrected chi connectivity index (χ2v) is 4.85. The molecule has 1 aliphatic rings. The van der Waals surface area contributed by atoms with Gasteiger partial charge in [-0.05, 0) is 18.8 Å². The van der Waals surface area contributed by atoms with Crippen molar-refractivity contribution in [2.24, 2.45) is 5.92 Å². The maximum atomic E-state index is 10.4. The Morgan fingerprint density at radius 2 is 2.13 bits per heavy atom. The molecule has 1 aliphatic carbocycles. The van der Waals surface area contributed by atoms with Crippen LogP contribution < -0.4 is 0 Å². The zero-order valence-electron chi connectivity index (χ0n) is 7.97. The molecule has 80 valence electrons. The third-order valence-corrected chi connectivity index (χ3v) is 3.48. The molecule has 1 fully saturated rings. The number of rotatable bonds is 4. The van der Waals surface area contributed by atoms with Crippen LogP contribution >= 0.6 is 15.9 Å². The Morgan fingerprint density at radius 3 is 2.60 bits per heavy atom. The first-order chi connectivity index (χ1) is 7.16. The molecule has 1 saturated carbocycles. The highest BCUT2D eigenvalue weighted by Crippen LogP contribution is 2.37. The molecule has 0 amide bonds. The van der Waals surface area contributed by atoms with Crippen molar-refractivity contribution in [1.29, 1.82) is 0 Å². The molecule has 1 aromatic heterocycles. The van der Waals surface area contributed by atoms with Gasteiger partial charge in [0.15, 0.2) is 0 Å². The SMILES string of the molecule is O=[N+]([O-])c1cnc(CC(Br)C2CC2)nc1. The van der Waals surface area contributed by atoms with Gasteiger partial charge in [-0.1, -0.05) is 15.9 Å². The Bertz CT molecular complexity index is 364. The highest BCUT2D eigenvalue weighted by Gasteiger charge is 2.29. The van der Waals surface area contributed by atoms with Gasteiger partial charge in [0.25, 0.3) is 0 Å². The van der Waals surface area contributed by atoms with Crippen LogP contribution in [0, 0.1) is 16.0 Å². The summed E-state index contributed by atoms with van der Waals surface area (Å²) in [5.41, 5.74) is -0.0590. The predicted molar refractivity (Wildman–Crippen MR) is 57.8 cm³/mol. The van der Waals surface area contributed by atoms with E-state index in [0.29, 0.717) is 10.7 Å². The van der Waals surface area contributed by atoms with E-state index in [1.165, 1.54) is 25.2 Å².